The van der Waals surface area contributed by atoms with Crippen molar-refractivity contribution in [2.75, 3.05) is 139 Å². The minimum absolute atomic E-state index is 0.0302. The molecule has 0 heterocycles. The van der Waals surface area contributed by atoms with Gasteiger partial charge in [-0.1, -0.05) is 32.6 Å². The molecule has 0 aliphatic heterocycles. The zero-order chi connectivity index (χ0) is 27.5. The first-order chi connectivity index (χ1) is 18.9. The first kappa shape index (κ1) is 37.6. The van der Waals surface area contributed by atoms with Gasteiger partial charge in [-0.15, -0.1) is 0 Å². The molecule has 11 nitrogen and oxygen atoms in total. The maximum absolute atomic E-state index is 8.56. The average Bonchev–Trinajstić information content (AvgIpc) is 2.93. The Morgan fingerprint density at radius 3 is 0.789 bits per heavy atom. The van der Waals surface area contributed by atoms with Gasteiger partial charge in [-0.3, -0.25) is 0 Å². The second-order valence-corrected chi connectivity index (χ2v) is 8.26. The minimum Gasteiger partial charge on any atom is -0.394 e. The average molecular weight is 557 g/mol. The van der Waals surface area contributed by atoms with Crippen molar-refractivity contribution in [3.63, 3.8) is 0 Å². The molecule has 1 N–H and O–H groups in total. The van der Waals surface area contributed by atoms with Gasteiger partial charge in [-0.25, -0.2) is 0 Å². The van der Waals surface area contributed by atoms with E-state index in [9.17, 15) is 0 Å². The lowest BCUT2D eigenvalue weighted by molar-refractivity contribution is -0.0268. The second-order valence-electron chi connectivity index (χ2n) is 8.26. The molecule has 38 heavy (non-hydrogen) atoms. The van der Waals surface area contributed by atoms with E-state index in [1.807, 2.05) is 0 Å². The van der Waals surface area contributed by atoms with Crippen LogP contribution in [0, 0.1) is 0 Å². The SMILES string of the molecule is CCCCCCCOCCOCCOCCOCCOCCOCCOCCOCCOCCOCCO. The molecular formula is C27H56O11. The third kappa shape index (κ3) is 35.6. The predicted molar refractivity (Wildman–Crippen MR) is 144 cm³/mol. The smallest absolute Gasteiger partial charge is 0.0701 e. The van der Waals surface area contributed by atoms with Gasteiger partial charge < -0.3 is 52.5 Å². The van der Waals surface area contributed by atoms with E-state index in [-0.39, 0.29) is 6.61 Å². The molecule has 0 aromatic heterocycles. The van der Waals surface area contributed by atoms with Crippen molar-refractivity contribution in [1.29, 1.82) is 0 Å². The highest BCUT2D eigenvalue weighted by Gasteiger charge is 1.96. The standard InChI is InChI=1S/C27H56O11/c1-2-3-4-5-6-8-29-10-12-31-14-16-33-18-20-35-22-24-37-26-27-38-25-23-36-21-19-34-17-15-32-13-11-30-9-7-28/h28H,2-27H2,1H3. The maximum atomic E-state index is 8.56. The van der Waals surface area contributed by atoms with Gasteiger partial charge >= 0.3 is 0 Å². The molecule has 0 aromatic rings. The van der Waals surface area contributed by atoms with E-state index >= 15 is 0 Å². The summed E-state index contributed by atoms with van der Waals surface area (Å²) in [5, 5.41) is 8.56. The van der Waals surface area contributed by atoms with Crippen LogP contribution in [0.3, 0.4) is 0 Å². The van der Waals surface area contributed by atoms with E-state index < -0.39 is 0 Å². The van der Waals surface area contributed by atoms with Crippen LogP contribution in [0.1, 0.15) is 39.0 Å². The molecular weight excluding hydrogens is 500 g/mol. The Bertz CT molecular complexity index is 369. The van der Waals surface area contributed by atoms with Gasteiger partial charge in [0.1, 0.15) is 0 Å². The monoisotopic (exact) mass is 556 g/mol. The summed E-state index contributed by atoms with van der Waals surface area (Å²) in [4.78, 5) is 0. The lowest BCUT2D eigenvalue weighted by Gasteiger charge is -2.09. The fraction of sp³-hybridized carbons (Fsp3) is 1.00. The van der Waals surface area contributed by atoms with Crippen molar-refractivity contribution < 1.29 is 52.5 Å². The molecule has 0 saturated heterocycles. The van der Waals surface area contributed by atoms with Crippen molar-refractivity contribution in [3.05, 3.63) is 0 Å². The summed E-state index contributed by atoms with van der Waals surface area (Å²) in [7, 11) is 0. The van der Waals surface area contributed by atoms with Gasteiger partial charge in [-0.2, -0.15) is 0 Å². The van der Waals surface area contributed by atoms with Crippen molar-refractivity contribution in [2.45, 2.75) is 39.0 Å². The fourth-order valence-electron chi connectivity index (χ4n) is 2.95. The Morgan fingerprint density at radius 2 is 0.526 bits per heavy atom. The van der Waals surface area contributed by atoms with E-state index in [2.05, 4.69) is 6.92 Å². The number of rotatable bonds is 35. The first-order valence-electron chi connectivity index (χ1n) is 14.3. The normalized spacial score (nSPS) is 11.5. The second kappa shape index (κ2) is 36.6. The van der Waals surface area contributed by atoms with Crippen LogP contribution in [-0.2, 0) is 47.4 Å². The lowest BCUT2D eigenvalue weighted by atomic mass is 10.2. The summed E-state index contributed by atoms with van der Waals surface area (Å²) in [5.41, 5.74) is 0. The molecule has 0 aromatic carbocycles. The summed E-state index contributed by atoms with van der Waals surface area (Å²) in [6.45, 7) is 13.0. The molecule has 0 spiro atoms. The van der Waals surface area contributed by atoms with Gasteiger partial charge in [-0.05, 0) is 6.42 Å². The molecule has 11 heteroatoms. The molecule has 0 amide bonds. The van der Waals surface area contributed by atoms with Gasteiger partial charge in [0.05, 0.1) is 132 Å². The number of hydrogen-bond donors (Lipinski definition) is 1. The largest absolute Gasteiger partial charge is 0.394 e. The summed E-state index contributed by atoms with van der Waals surface area (Å²) < 4.78 is 54.1. The Morgan fingerprint density at radius 1 is 0.289 bits per heavy atom. The molecule has 0 radical (unpaired) electrons. The molecule has 0 bridgehead atoms. The van der Waals surface area contributed by atoms with E-state index in [0.29, 0.717) is 126 Å². The fourth-order valence-corrected chi connectivity index (χ4v) is 2.95. The Labute approximate surface area is 230 Å². The highest BCUT2D eigenvalue weighted by molar-refractivity contribution is 4.42. The number of ether oxygens (including phenoxy) is 10. The quantitative estimate of drug-likeness (QED) is 0.116. The van der Waals surface area contributed by atoms with Crippen LogP contribution >= 0.6 is 0 Å². The number of aliphatic hydroxyl groups excluding tert-OH is 1. The highest BCUT2D eigenvalue weighted by atomic mass is 16.6. The molecule has 0 saturated carbocycles. The number of hydrogen-bond acceptors (Lipinski definition) is 11. The Balaban J connectivity index is 3.01. The molecule has 0 fully saturated rings. The summed E-state index contributed by atoms with van der Waals surface area (Å²) >= 11 is 0. The lowest BCUT2D eigenvalue weighted by Crippen LogP contribution is -2.15. The minimum atomic E-state index is 0.0302. The zero-order valence-electron chi connectivity index (χ0n) is 23.9. The topological polar surface area (TPSA) is 113 Å². The van der Waals surface area contributed by atoms with Crippen LogP contribution in [0.25, 0.3) is 0 Å². The van der Waals surface area contributed by atoms with Crippen molar-refractivity contribution in [1.82, 2.24) is 0 Å². The van der Waals surface area contributed by atoms with Crippen molar-refractivity contribution in [3.8, 4) is 0 Å². The predicted octanol–water partition coefficient (Wildman–Crippen LogP) is 2.12. The van der Waals surface area contributed by atoms with E-state index in [1.54, 1.807) is 0 Å². The first-order valence-corrected chi connectivity index (χ1v) is 14.3. The van der Waals surface area contributed by atoms with Crippen LogP contribution in [0.4, 0.5) is 0 Å². The summed E-state index contributed by atoms with van der Waals surface area (Å²) in [5.74, 6) is 0. The molecule has 0 aliphatic carbocycles. The summed E-state index contributed by atoms with van der Waals surface area (Å²) in [6.07, 6.45) is 6.28. The number of unbranched alkanes of at least 4 members (excludes halogenated alkanes) is 4. The summed E-state index contributed by atoms with van der Waals surface area (Å²) in [6, 6.07) is 0. The van der Waals surface area contributed by atoms with Crippen LogP contribution in [0.15, 0.2) is 0 Å². The van der Waals surface area contributed by atoms with Gasteiger partial charge in [0.25, 0.3) is 0 Å². The Kier molecular flexibility index (Phi) is 36.1. The van der Waals surface area contributed by atoms with Crippen molar-refractivity contribution in [2.24, 2.45) is 0 Å². The van der Waals surface area contributed by atoms with Crippen LogP contribution < -0.4 is 0 Å². The van der Waals surface area contributed by atoms with E-state index in [0.717, 1.165) is 13.0 Å². The third-order valence-electron chi connectivity index (χ3n) is 4.98. The number of aliphatic hydroxyl groups is 1. The molecule has 0 aliphatic rings. The molecule has 0 unspecified atom stereocenters. The molecule has 0 rings (SSSR count). The van der Waals surface area contributed by atoms with Crippen molar-refractivity contribution >= 4 is 0 Å². The van der Waals surface area contributed by atoms with Gasteiger partial charge in [0, 0.05) is 6.61 Å². The van der Waals surface area contributed by atoms with Gasteiger partial charge in [0.2, 0.25) is 0 Å². The highest BCUT2D eigenvalue weighted by Crippen LogP contribution is 2.02. The van der Waals surface area contributed by atoms with Crippen LogP contribution in [-0.4, -0.2) is 144 Å². The molecule has 0 atom stereocenters. The molecule has 230 valence electrons. The van der Waals surface area contributed by atoms with E-state index in [1.165, 1.54) is 25.7 Å². The zero-order valence-corrected chi connectivity index (χ0v) is 23.9. The van der Waals surface area contributed by atoms with Gasteiger partial charge in [0.15, 0.2) is 0 Å². The van der Waals surface area contributed by atoms with Crippen LogP contribution in [0.2, 0.25) is 0 Å². The van der Waals surface area contributed by atoms with E-state index in [4.69, 9.17) is 52.5 Å². The Hall–Kier alpha value is -0.440. The third-order valence-corrected chi connectivity index (χ3v) is 4.98. The maximum Gasteiger partial charge on any atom is 0.0701 e. The van der Waals surface area contributed by atoms with Crippen LogP contribution in [0.5, 0.6) is 0 Å².